The van der Waals surface area contributed by atoms with Crippen molar-refractivity contribution >= 4 is 10.9 Å². The molecule has 0 aliphatic carbocycles. The van der Waals surface area contributed by atoms with Crippen molar-refractivity contribution in [2.45, 2.75) is 12.3 Å². The van der Waals surface area contributed by atoms with Gasteiger partial charge in [0.25, 0.3) is 5.88 Å². The van der Waals surface area contributed by atoms with Gasteiger partial charge in [-0.05, 0) is 35.4 Å². The van der Waals surface area contributed by atoms with Crippen LogP contribution in [0.2, 0.25) is 0 Å². The Hall–Kier alpha value is -4.10. The van der Waals surface area contributed by atoms with Gasteiger partial charge < -0.3 is 19.1 Å². The maximum Gasteiger partial charge on any atom is 0.258 e. The number of alkyl halides is 2. The van der Waals surface area contributed by atoms with Crippen LogP contribution < -0.4 is 9.47 Å². The number of hydrogen-bond donors (Lipinski definition) is 1. The lowest BCUT2D eigenvalue weighted by Gasteiger charge is -2.30. The number of pyridine rings is 2. The number of aliphatic hydroxyl groups is 1. The molecule has 8 nitrogen and oxygen atoms in total. The van der Waals surface area contributed by atoms with Crippen LogP contribution in [-0.2, 0) is 19.3 Å². The first-order chi connectivity index (χ1) is 16.5. The number of benzene rings is 1. The third-order valence-corrected chi connectivity index (χ3v) is 5.51. The molecule has 4 aromatic rings. The largest absolute Gasteiger partial charge is 0.484 e. The van der Waals surface area contributed by atoms with Crippen LogP contribution >= 0.6 is 0 Å². The summed E-state index contributed by atoms with van der Waals surface area (Å²) in [6.45, 7) is -1.84. The third kappa shape index (κ3) is 3.80. The lowest BCUT2D eigenvalue weighted by Crippen LogP contribution is -2.31. The van der Waals surface area contributed by atoms with Crippen LogP contribution in [0.1, 0.15) is 28.1 Å². The quantitative estimate of drug-likeness (QED) is 0.425. The van der Waals surface area contributed by atoms with E-state index in [2.05, 4.69) is 21.0 Å². The van der Waals surface area contributed by atoms with Crippen molar-refractivity contribution < 1.29 is 23.4 Å². The van der Waals surface area contributed by atoms with Gasteiger partial charge in [0.15, 0.2) is 11.4 Å². The molecule has 3 aromatic heterocycles. The van der Waals surface area contributed by atoms with E-state index in [1.807, 2.05) is 0 Å². The highest BCUT2D eigenvalue weighted by Gasteiger charge is 2.37. The number of imidazole rings is 1. The first kappa shape index (κ1) is 23.1. The topological polar surface area (TPSA) is 106 Å². The number of rotatable bonds is 8. The minimum atomic E-state index is -1.76. The second-order valence-corrected chi connectivity index (χ2v) is 7.48. The maximum atomic E-state index is 13.4. The highest BCUT2D eigenvalue weighted by molar-refractivity contribution is 5.89. The van der Waals surface area contributed by atoms with Crippen LogP contribution in [0.25, 0.3) is 10.9 Å². The molecule has 0 spiro atoms. The third-order valence-electron chi connectivity index (χ3n) is 5.51. The fourth-order valence-corrected chi connectivity index (χ4v) is 3.92. The van der Waals surface area contributed by atoms with E-state index in [-0.39, 0.29) is 29.5 Å². The number of methoxy groups -OCH3 is 1. The summed E-state index contributed by atoms with van der Waals surface area (Å²) in [5.74, 6) is 0.0638. The van der Waals surface area contributed by atoms with E-state index < -0.39 is 19.0 Å². The molecular formula is C24H21F2N5O3. The molecule has 0 radical (unpaired) electrons. The van der Waals surface area contributed by atoms with Gasteiger partial charge in [0.1, 0.15) is 31.6 Å². The van der Waals surface area contributed by atoms with Crippen LogP contribution in [0.4, 0.5) is 8.78 Å². The Morgan fingerprint density at radius 1 is 1.21 bits per heavy atom. The standard InChI is InChI=1S/C24H21F2N5O3/c1-31-14-28-13-21(31)24(32,16-5-7-29-17(9-16)11-26)15-3-4-20-18(10-15)19(12-27)22(34-8-6-25)23(30-20)33-2/h3-5,7,9-10,13-14,32H,6,8,11H2,1-2H3. The van der Waals surface area contributed by atoms with Gasteiger partial charge in [-0.15, -0.1) is 0 Å². The van der Waals surface area contributed by atoms with Crippen molar-refractivity contribution in [1.82, 2.24) is 19.5 Å². The molecule has 0 aliphatic rings. The van der Waals surface area contributed by atoms with Gasteiger partial charge in [0.2, 0.25) is 0 Å². The second kappa shape index (κ2) is 9.41. The van der Waals surface area contributed by atoms with E-state index >= 15 is 0 Å². The maximum absolute atomic E-state index is 13.4. The Morgan fingerprint density at radius 3 is 2.65 bits per heavy atom. The first-order valence-corrected chi connectivity index (χ1v) is 10.3. The molecule has 1 aromatic carbocycles. The summed E-state index contributed by atoms with van der Waals surface area (Å²) in [6, 6.07) is 10.0. The van der Waals surface area contributed by atoms with Gasteiger partial charge in [-0.3, -0.25) is 4.98 Å². The molecular weight excluding hydrogens is 444 g/mol. The van der Waals surface area contributed by atoms with E-state index in [0.717, 1.165) is 0 Å². The molecule has 1 unspecified atom stereocenters. The highest BCUT2D eigenvalue weighted by atomic mass is 19.1. The van der Waals surface area contributed by atoms with Crippen LogP contribution in [0.15, 0.2) is 49.1 Å². The second-order valence-electron chi connectivity index (χ2n) is 7.48. The Balaban J connectivity index is 2.01. The van der Waals surface area contributed by atoms with Crippen LogP contribution in [-0.4, -0.2) is 45.0 Å². The summed E-state index contributed by atoms with van der Waals surface area (Å²) < 4.78 is 38.5. The zero-order chi connectivity index (χ0) is 24.3. The summed E-state index contributed by atoms with van der Waals surface area (Å²) in [5.41, 5.74) is 0.0481. The molecule has 0 aliphatic heterocycles. The van der Waals surface area contributed by atoms with Gasteiger partial charge in [-0.25, -0.2) is 18.7 Å². The van der Waals surface area contributed by atoms with Crippen molar-refractivity contribution in [2.24, 2.45) is 7.05 Å². The molecule has 0 amide bonds. The van der Waals surface area contributed by atoms with Crippen molar-refractivity contribution in [3.05, 3.63) is 77.1 Å². The summed E-state index contributed by atoms with van der Waals surface area (Å²) >= 11 is 0. The van der Waals surface area contributed by atoms with Crippen LogP contribution in [0.3, 0.4) is 0 Å². The average Bonchev–Trinajstić information content (AvgIpc) is 3.31. The lowest BCUT2D eigenvalue weighted by molar-refractivity contribution is 0.117. The minimum Gasteiger partial charge on any atom is -0.484 e. The Labute approximate surface area is 194 Å². The molecule has 174 valence electrons. The molecule has 1 atom stereocenters. The number of ether oxygens (including phenoxy) is 2. The van der Waals surface area contributed by atoms with E-state index in [9.17, 15) is 19.1 Å². The molecule has 1 N–H and O–H groups in total. The average molecular weight is 465 g/mol. The molecule has 0 fully saturated rings. The van der Waals surface area contributed by atoms with Crippen molar-refractivity contribution in [2.75, 3.05) is 20.4 Å². The predicted octanol–water partition coefficient (Wildman–Crippen LogP) is 3.35. The predicted molar refractivity (Wildman–Crippen MR) is 119 cm³/mol. The fourth-order valence-electron chi connectivity index (χ4n) is 3.92. The number of nitrogens with zero attached hydrogens (tertiary/aromatic N) is 5. The fraction of sp³-hybridized carbons (Fsp3) is 0.250. The Kier molecular flexibility index (Phi) is 6.38. The number of hydrogen-bond acceptors (Lipinski definition) is 7. The van der Waals surface area contributed by atoms with Crippen molar-refractivity contribution in [1.29, 1.82) is 5.26 Å². The Morgan fingerprint density at radius 2 is 2.00 bits per heavy atom. The zero-order valence-corrected chi connectivity index (χ0v) is 18.5. The molecule has 10 heteroatoms. The van der Waals surface area contributed by atoms with E-state index in [4.69, 9.17) is 9.47 Å². The summed E-state index contributed by atoms with van der Waals surface area (Å²) in [7, 11) is 3.10. The number of aromatic nitrogens is 4. The van der Waals surface area contributed by atoms with Crippen LogP contribution in [0, 0.1) is 11.3 Å². The number of aryl methyl sites for hydroxylation is 1. The lowest BCUT2D eigenvalue weighted by atomic mass is 9.83. The molecule has 0 saturated carbocycles. The number of nitriles is 1. The monoisotopic (exact) mass is 465 g/mol. The zero-order valence-electron chi connectivity index (χ0n) is 18.5. The van der Waals surface area contributed by atoms with Gasteiger partial charge in [-0.1, -0.05) is 6.07 Å². The van der Waals surface area contributed by atoms with E-state index in [1.165, 1.54) is 31.9 Å². The minimum absolute atomic E-state index is 0.0139. The van der Waals surface area contributed by atoms with E-state index in [0.29, 0.717) is 27.7 Å². The van der Waals surface area contributed by atoms with Gasteiger partial charge in [0.05, 0.1) is 36.5 Å². The SMILES string of the molecule is COc1nc2ccc(C(O)(c3ccnc(CF)c3)c3cncn3C)cc2c(C#N)c1OCCF. The van der Waals surface area contributed by atoms with Gasteiger partial charge >= 0.3 is 0 Å². The summed E-state index contributed by atoms with van der Waals surface area (Å²) in [4.78, 5) is 12.5. The van der Waals surface area contributed by atoms with Crippen molar-refractivity contribution in [3.63, 3.8) is 0 Å². The first-order valence-electron chi connectivity index (χ1n) is 10.3. The smallest absolute Gasteiger partial charge is 0.258 e. The molecule has 3 heterocycles. The number of fused-ring (bicyclic) bond motifs is 1. The van der Waals surface area contributed by atoms with Crippen molar-refractivity contribution in [3.8, 4) is 17.7 Å². The molecule has 0 saturated heterocycles. The van der Waals surface area contributed by atoms with E-state index in [1.54, 1.807) is 35.9 Å². The number of halogens is 2. The van der Waals surface area contributed by atoms with Gasteiger partial charge in [0, 0.05) is 18.6 Å². The molecule has 0 bridgehead atoms. The van der Waals surface area contributed by atoms with Gasteiger partial charge in [-0.2, -0.15) is 5.26 Å². The molecule has 34 heavy (non-hydrogen) atoms. The summed E-state index contributed by atoms with van der Waals surface area (Å²) in [5, 5.41) is 22.4. The molecule has 4 rings (SSSR count). The normalized spacial score (nSPS) is 12.8. The Bertz CT molecular complexity index is 1390. The summed E-state index contributed by atoms with van der Waals surface area (Å²) in [6.07, 6.45) is 4.46. The van der Waals surface area contributed by atoms with Crippen LogP contribution in [0.5, 0.6) is 11.6 Å². The highest BCUT2D eigenvalue weighted by Crippen LogP contribution is 2.40.